The fourth-order valence-electron chi connectivity index (χ4n) is 3.31. The fraction of sp³-hybridized carbons (Fsp3) is 0.318. The van der Waals surface area contributed by atoms with E-state index in [0.717, 1.165) is 22.7 Å². The summed E-state index contributed by atoms with van der Waals surface area (Å²) in [5.41, 5.74) is 3.87. The quantitative estimate of drug-likeness (QED) is 0.522. The molecule has 0 aliphatic heterocycles. The van der Waals surface area contributed by atoms with E-state index < -0.39 is 0 Å². The summed E-state index contributed by atoms with van der Waals surface area (Å²) >= 11 is 5.96. The molecule has 1 aliphatic carbocycles. The Morgan fingerprint density at radius 2 is 1.90 bits per heavy atom. The van der Waals surface area contributed by atoms with Crippen LogP contribution >= 0.6 is 11.6 Å². The highest BCUT2D eigenvalue weighted by Crippen LogP contribution is 2.48. The Labute approximate surface area is 175 Å². The number of carbonyl (C=O) groups is 1. The lowest BCUT2D eigenvalue weighted by atomic mass is 10.0. The van der Waals surface area contributed by atoms with Crippen LogP contribution in [-0.2, 0) is 21.1 Å². The van der Waals surface area contributed by atoms with Gasteiger partial charge < -0.3 is 15.0 Å². The molecule has 0 bridgehead atoms. The summed E-state index contributed by atoms with van der Waals surface area (Å²) in [4.78, 5) is 22.6. The molecular formula is C22H24ClN3O3. The lowest BCUT2D eigenvalue weighted by molar-refractivity contribution is -0.114. The molecule has 2 aromatic rings. The molecule has 0 spiro atoms. The van der Waals surface area contributed by atoms with Gasteiger partial charge in [-0.1, -0.05) is 58.3 Å². The summed E-state index contributed by atoms with van der Waals surface area (Å²) in [7, 11) is 2.95. The minimum atomic E-state index is -0.331. The second-order valence-electron chi connectivity index (χ2n) is 6.87. The molecule has 6 nitrogen and oxygen atoms in total. The third-order valence-corrected chi connectivity index (χ3v) is 5.20. The number of nitrogens with zero attached hydrogens (tertiary/aromatic N) is 2. The molecule has 152 valence electrons. The fourth-order valence-corrected chi connectivity index (χ4v) is 3.43. The third-order valence-electron chi connectivity index (χ3n) is 4.95. The van der Waals surface area contributed by atoms with Gasteiger partial charge in [-0.2, -0.15) is 0 Å². The Morgan fingerprint density at radius 3 is 2.59 bits per heavy atom. The second kappa shape index (κ2) is 9.56. The zero-order valence-electron chi connectivity index (χ0n) is 16.7. The molecule has 7 heteroatoms. The van der Waals surface area contributed by atoms with Gasteiger partial charge in [0.05, 0.1) is 5.71 Å². The van der Waals surface area contributed by atoms with Gasteiger partial charge in [-0.3, -0.25) is 4.79 Å². The van der Waals surface area contributed by atoms with Crippen LogP contribution in [0.5, 0.6) is 0 Å². The maximum absolute atomic E-state index is 12.1. The summed E-state index contributed by atoms with van der Waals surface area (Å²) < 4.78 is 0. The van der Waals surface area contributed by atoms with Crippen molar-refractivity contribution in [3.05, 3.63) is 70.2 Å². The number of nitrogens with one attached hydrogen (secondary N) is 1. The summed E-state index contributed by atoms with van der Waals surface area (Å²) in [5.74, 6) is 0.506. The number of hydrogen-bond acceptors (Lipinski definition) is 5. The minimum absolute atomic E-state index is 0.194. The molecule has 1 amide bonds. The summed E-state index contributed by atoms with van der Waals surface area (Å²) in [5, 5.41) is 11.5. The Kier molecular flexibility index (Phi) is 6.88. The van der Waals surface area contributed by atoms with Gasteiger partial charge in [-0.05, 0) is 37.0 Å². The van der Waals surface area contributed by atoms with E-state index in [-0.39, 0.29) is 18.2 Å². The Balaban J connectivity index is 1.65. The van der Waals surface area contributed by atoms with Crippen molar-refractivity contribution in [3.8, 4) is 0 Å². The number of amides is 1. The van der Waals surface area contributed by atoms with Crippen molar-refractivity contribution in [2.24, 2.45) is 16.2 Å². The average Bonchev–Trinajstić information content (AvgIpc) is 3.53. The van der Waals surface area contributed by atoms with Crippen LogP contribution in [0.4, 0.5) is 0 Å². The lowest BCUT2D eigenvalue weighted by Crippen LogP contribution is -2.29. The monoisotopic (exact) mass is 413 g/mol. The van der Waals surface area contributed by atoms with Crippen molar-refractivity contribution in [3.63, 3.8) is 0 Å². The molecule has 2 aromatic carbocycles. The lowest BCUT2D eigenvalue weighted by Gasteiger charge is -2.10. The number of benzene rings is 2. The van der Waals surface area contributed by atoms with Gasteiger partial charge in [0.15, 0.2) is 5.71 Å². The normalized spacial score (nSPS) is 18.9. The molecule has 0 aromatic heterocycles. The molecule has 0 unspecified atom stereocenters. The van der Waals surface area contributed by atoms with Crippen molar-refractivity contribution < 1.29 is 14.5 Å². The van der Waals surface area contributed by atoms with Gasteiger partial charge in [-0.25, -0.2) is 0 Å². The molecule has 1 N–H and O–H groups in total. The van der Waals surface area contributed by atoms with Crippen molar-refractivity contribution in [1.29, 1.82) is 0 Å². The van der Waals surface area contributed by atoms with E-state index in [1.807, 2.05) is 37.3 Å². The maximum Gasteiger partial charge on any atom is 0.273 e. The zero-order valence-corrected chi connectivity index (χ0v) is 17.4. The van der Waals surface area contributed by atoms with E-state index in [1.54, 1.807) is 13.1 Å². The summed E-state index contributed by atoms with van der Waals surface area (Å²) in [6.45, 7) is 2.21. The average molecular weight is 414 g/mol. The molecule has 1 aliphatic rings. The van der Waals surface area contributed by atoms with Gasteiger partial charge in [0.25, 0.3) is 5.91 Å². The van der Waals surface area contributed by atoms with Crippen LogP contribution in [0.15, 0.2) is 58.8 Å². The molecule has 0 saturated heterocycles. The van der Waals surface area contributed by atoms with E-state index in [1.165, 1.54) is 12.7 Å². The Bertz CT molecular complexity index is 925. The second-order valence-corrected chi connectivity index (χ2v) is 7.30. The van der Waals surface area contributed by atoms with E-state index in [0.29, 0.717) is 17.4 Å². The highest BCUT2D eigenvalue weighted by Gasteiger charge is 2.40. The Hall–Kier alpha value is -2.86. The third kappa shape index (κ3) is 5.15. The number of rotatable bonds is 8. The van der Waals surface area contributed by atoms with Crippen LogP contribution in [0.2, 0.25) is 5.02 Å². The summed E-state index contributed by atoms with van der Waals surface area (Å²) in [6.07, 6.45) is 1.05. The predicted molar refractivity (Wildman–Crippen MR) is 114 cm³/mol. The van der Waals surface area contributed by atoms with Crippen molar-refractivity contribution in [1.82, 2.24) is 5.32 Å². The molecular weight excluding hydrogens is 390 g/mol. The maximum atomic E-state index is 12.1. The van der Waals surface area contributed by atoms with Gasteiger partial charge in [-0.15, -0.1) is 0 Å². The largest absolute Gasteiger partial charge is 0.398 e. The number of hydrogen-bond donors (Lipinski definition) is 1. The van der Waals surface area contributed by atoms with E-state index in [4.69, 9.17) is 21.3 Å². The van der Waals surface area contributed by atoms with Crippen LogP contribution in [0.25, 0.3) is 0 Å². The first kappa shape index (κ1) is 20.9. The zero-order chi connectivity index (χ0) is 20.8. The van der Waals surface area contributed by atoms with Crippen LogP contribution in [0, 0.1) is 5.92 Å². The topological polar surface area (TPSA) is 72.3 Å². The molecule has 3 rings (SSSR count). The first-order valence-corrected chi connectivity index (χ1v) is 9.76. The highest BCUT2D eigenvalue weighted by atomic mass is 35.5. The smallest absolute Gasteiger partial charge is 0.273 e. The summed E-state index contributed by atoms with van der Waals surface area (Å²) in [6, 6.07) is 15.4. The van der Waals surface area contributed by atoms with Crippen LogP contribution < -0.4 is 5.32 Å². The number of carbonyl (C=O) groups excluding carboxylic acids is 1. The minimum Gasteiger partial charge on any atom is -0.398 e. The van der Waals surface area contributed by atoms with Crippen molar-refractivity contribution in [2.75, 3.05) is 14.2 Å². The molecule has 2 atom stereocenters. The van der Waals surface area contributed by atoms with Crippen molar-refractivity contribution >= 4 is 28.9 Å². The van der Waals surface area contributed by atoms with Crippen molar-refractivity contribution in [2.45, 2.75) is 25.9 Å². The number of oxime groups is 2. The van der Waals surface area contributed by atoms with Gasteiger partial charge in [0.1, 0.15) is 13.7 Å². The molecule has 1 saturated carbocycles. The first-order chi connectivity index (χ1) is 14.0. The number of halogens is 1. The Morgan fingerprint density at radius 1 is 1.17 bits per heavy atom. The molecule has 1 fully saturated rings. The van der Waals surface area contributed by atoms with Crippen LogP contribution in [-0.4, -0.2) is 31.5 Å². The number of likely N-dealkylation sites (N-methyl/N-ethyl adjacent to an activating group) is 1. The standard InChI is InChI=1S/C22H24ClN3O3/c1-14(19-12-20(19)15-8-10-17(23)11-9-15)25-29-13-16-6-4-5-7-18(16)21(26-28-3)22(27)24-2/h4-11,19-20H,12-13H2,1-3H3,(H,24,27)/t19-,20-/m0/s1. The predicted octanol–water partition coefficient (Wildman–Crippen LogP) is 4.13. The van der Waals surface area contributed by atoms with Gasteiger partial charge in [0.2, 0.25) is 0 Å². The van der Waals surface area contributed by atoms with Gasteiger partial charge in [0, 0.05) is 29.1 Å². The van der Waals surface area contributed by atoms with E-state index >= 15 is 0 Å². The molecule has 0 radical (unpaired) electrons. The highest BCUT2D eigenvalue weighted by molar-refractivity contribution is 6.45. The van der Waals surface area contributed by atoms with E-state index in [9.17, 15) is 4.79 Å². The molecule has 29 heavy (non-hydrogen) atoms. The SMILES string of the molecule is CNC(=O)C(=NOC)c1ccccc1CON=C(C)[C@@H]1C[C@H]1c1ccc(Cl)cc1. The first-order valence-electron chi connectivity index (χ1n) is 9.38. The van der Waals surface area contributed by atoms with Gasteiger partial charge >= 0.3 is 0 Å². The van der Waals surface area contributed by atoms with Crippen LogP contribution in [0.1, 0.15) is 36.0 Å². The van der Waals surface area contributed by atoms with Crippen LogP contribution in [0.3, 0.4) is 0 Å². The van der Waals surface area contributed by atoms with E-state index in [2.05, 4.69) is 27.8 Å². The molecule has 0 heterocycles.